The topological polar surface area (TPSA) is 116 Å². The highest BCUT2D eigenvalue weighted by Crippen LogP contribution is 2.23. The number of ether oxygens (including phenoxy) is 1. The van der Waals surface area contributed by atoms with Gasteiger partial charge in [-0.1, -0.05) is 0 Å². The number of nitrogens with two attached hydrogens (primary N) is 1. The van der Waals surface area contributed by atoms with Crippen LogP contribution in [0.3, 0.4) is 0 Å². The molecule has 0 aliphatic heterocycles. The van der Waals surface area contributed by atoms with Crippen molar-refractivity contribution < 1.29 is 24.9 Å². The molecule has 0 aromatic carbocycles. The molecule has 0 heterocycles. The molecule has 0 saturated carbocycles. The molecule has 0 saturated heterocycles. The maximum absolute atomic E-state index is 9.50. The molecule has 0 aliphatic carbocycles. The Hall–Kier alpha value is -0.175. The fourth-order valence-electron chi connectivity index (χ4n) is 0.385. The Morgan fingerprint density at radius 1 is 1.14 bits per heavy atom. The van der Waals surface area contributed by atoms with Gasteiger partial charge in [-0.05, 0) is 27.7 Å². The van der Waals surface area contributed by atoms with E-state index in [0.29, 0.717) is 0 Å². The molecule has 0 spiro atoms. The van der Waals surface area contributed by atoms with E-state index in [9.17, 15) is 5.11 Å². The summed E-state index contributed by atoms with van der Waals surface area (Å²) in [6.07, 6.45) is 0. The summed E-state index contributed by atoms with van der Waals surface area (Å²) in [5.41, 5.74) is 3.74. The number of aliphatic hydroxyl groups is 1. The molecular formula is C7H20BNO5. The van der Waals surface area contributed by atoms with E-state index in [1.165, 1.54) is 0 Å². The molecule has 0 fully saturated rings. The predicted molar refractivity (Wildman–Crippen MR) is 52.9 cm³/mol. The first-order chi connectivity index (χ1) is 6.04. The van der Waals surface area contributed by atoms with E-state index in [2.05, 4.69) is 0 Å². The SMILES string of the molecule is CC(C)(O)C(C)(C)OCN.OB(O)O. The van der Waals surface area contributed by atoms with Crippen LogP contribution in [0.4, 0.5) is 0 Å². The first-order valence-electron chi connectivity index (χ1n) is 4.15. The maximum atomic E-state index is 9.50. The molecule has 0 aliphatic rings. The molecular weight excluding hydrogens is 189 g/mol. The molecule has 86 valence electrons. The average Bonchev–Trinajstić information content (AvgIpc) is 1.82. The summed E-state index contributed by atoms with van der Waals surface area (Å²) in [6, 6.07) is 0. The molecule has 7 heteroatoms. The van der Waals surface area contributed by atoms with Gasteiger partial charge in [-0.25, -0.2) is 0 Å². The summed E-state index contributed by atoms with van der Waals surface area (Å²) in [4.78, 5) is 0. The molecule has 0 bridgehead atoms. The number of hydrogen-bond donors (Lipinski definition) is 5. The Morgan fingerprint density at radius 2 is 1.43 bits per heavy atom. The molecule has 0 radical (unpaired) electrons. The zero-order valence-corrected chi connectivity index (χ0v) is 9.06. The fourth-order valence-corrected chi connectivity index (χ4v) is 0.385. The minimum atomic E-state index is -2.17. The smallest absolute Gasteiger partial charge is 0.402 e. The van der Waals surface area contributed by atoms with E-state index in [0.717, 1.165) is 0 Å². The largest absolute Gasteiger partial charge is 0.631 e. The van der Waals surface area contributed by atoms with E-state index in [4.69, 9.17) is 25.5 Å². The van der Waals surface area contributed by atoms with Crippen LogP contribution in [0.25, 0.3) is 0 Å². The summed E-state index contributed by atoms with van der Waals surface area (Å²) in [5, 5.41) is 31.0. The molecule has 6 N–H and O–H groups in total. The lowest BCUT2D eigenvalue weighted by Crippen LogP contribution is -2.48. The first-order valence-corrected chi connectivity index (χ1v) is 4.15. The molecule has 0 amide bonds. The average molecular weight is 209 g/mol. The van der Waals surface area contributed by atoms with E-state index >= 15 is 0 Å². The third kappa shape index (κ3) is 8.42. The molecule has 14 heavy (non-hydrogen) atoms. The summed E-state index contributed by atoms with van der Waals surface area (Å²) >= 11 is 0. The highest BCUT2D eigenvalue weighted by Gasteiger charge is 2.35. The second-order valence-corrected chi connectivity index (χ2v) is 3.73. The van der Waals surface area contributed by atoms with E-state index in [1.54, 1.807) is 27.7 Å². The highest BCUT2D eigenvalue weighted by molar-refractivity contribution is 6.30. The Morgan fingerprint density at radius 3 is 1.50 bits per heavy atom. The molecule has 0 aromatic rings. The van der Waals surface area contributed by atoms with Crippen molar-refractivity contribution >= 4 is 7.32 Å². The zero-order valence-electron chi connectivity index (χ0n) is 9.06. The van der Waals surface area contributed by atoms with Gasteiger partial charge in [-0.15, -0.1) is 0 Å². The van der Waals surface area contributed by atoms with Gasteiger partial charge in [-0.3, -0.25) is 0 Å². The van der Waals surface area contributed by atoms with Crippen molar-refractivity contribution in [2.45, 2.75) is 38.9 Å². The molecule has 0 atom stereocenters. The first kappa shape index (κ1) is 16.3. The van der Waals surface area contributed by atoms with E-state index in [-0.39, 0.29) is 6.73 Å². The molecule has 0 rings (SSSR count). The van der Waals surface area contributed by atoms with Crippen LogP contribution in [0.15, 0.2) is 0 Å². The van der Waals surface area contributed by atoms with Crippen LogP contribution >= 0.6 is 0 Å². The summed E-state index contributed by atoms with van der Waals surface area (Å²) in [6.45, 7) is 7.14. The van der Waals surface area contributed by atoms with E-state index < -0.39 is 18.5 Å². The van der Waals surface area contributed by atoms with Crippen LogP contribution in [0.1, 0.15) is 27.7 Å². The van der Waals surface area contributed by atoms with Crippen LogP contribution in [0, 0.1) is 0 Å². The van der Waals surface area contributed by atoms with Gasteiger partial charge >= 0.3 is 7.32 Å². The Labute approximate surface area is 84.5 Å². The Bertz CT molecular complexity index is 143. The van der Waals surface area contributed by atoms with Crippen molar-refractivity contribution in [1.29, 1.82) is 0 Å². The fraction of sp³-hybridized carbons (Fsp3) is 1.00. The summed E-state index contributed by atoms with van der Waals surface area (Å²) < 4.78 is 5.12. The minimum absolute atomic E-state index is 0.136. The van der Waals surface area contributed by atoms with Gasteiger partial charge in [0, 0.05) is 0 Å². The van der Waals surface area contributed by atoms with Crippen molar-refractivity contribution in [2.24, 2.45) is 5.73 Å². The van der Waals surface area contributed by atoms with E-state index in [1.807, 2.05) is 0 Å². The third-order valence-electron chi connectivity index (χ3n) is 1.92. The minimum Gasteiger partial charge on any atom is -0.402 e. The zero-order chi connectivity index (χ0) is 12.0. The lowest BCUT2D eigenvalue weighted by molar-refractivity contribution is -0.145. The summed E-state index contributed by atoms with van der Waals surface area (Å²) in [7, 11) is -2.17. The number of rotatable bonds is 3. The summed E-state index contributed by atoms with van der Waals surface area (Å²) in [5.74, 6) is 0. The Balaban J connectivity index is 0. The molecule has 0 aromatic heterocycles. The normalized spacial score (nSPS) is 11.8. The highest BCUT2D eigenvalue weighted by atomic mass is 16.5. The van der Waals surface area contributed by atoms with Crippen molar-refractivity contribution in [3.63, 3.8) is 0 Å². The van der Waals surface area contributed by atoms with Gasteiger partial charge in [0.1, 0.15) is 0 Å². The van der Waals surface area contributed by atoms with Crippen LogP contribution in [-0.4, -0.2) is 45.4 Å². The number of hydrogen-bond acceptors (Lipinski definition) is 6. The van der Waals surface area contributed by atoms with Crippen LogP contribution in [0.2, 0.25) is 0 Å². The van der Waals surface area contributed by atoms with Crippen molar-refractivity contribution in [3.05, 3.63) is 0 Å². The van der Waals surface area contributed by atoms with Gasteiger partial charge in [0.25, 0.3) is 0 Å². The monoisotopic (exact) mass is 209 g/mol. The second kappa shape index (κ2) is 6.33. The van der Waals surface area contributed by atoms with Gasteiger partial charge in [0.2, 0.25) is 0 Å². The van der Waals surface area contributed by atoms with Gasteiger partial charge in [-0.2, -0.15) is 0 Å². The molecule has 0 unspecified atom stereocenters. The van der Waals surface area contributed by atoms with Gasteiger partial charge < -0.3 is 30.6 Å². The predicted octanol–water partition coefficient (Wildman–Crippen LogP) is -1.58. The van der Waals surface area contributed by atoms with Crippen LogP contribution < -0.4 is 5.73 Å². The maximum Gasteiger partial charge on any atom is 0.631 e. The Kier molecular flexibility index (Phi) is 7.36. The van der Waals surface area contributed by atoms with Crippen LogP contribution in [0.5, 0.6) is 0 Å². The van der Waals surface area contributed by atoms with Crippen LogP contribution in [-0.2, 0) is 4.74 Å². The van der Waals surface area contributed by atoms with Crippen molar-refractivity contribution in [3.8, 4) is 0 Å². The molecule has 6 nitrogen and oxygen atoms in total. The quantitative estimate of drug-likeness (QED) is 0.283. The van der Waals surface area contributed by atoms with Gasteiger partial charge in [0.15, 0.2) is 0 Å². The lowest BCUT2D eigenvalue weighted by atomic mass is 9.90. The third-order valence-corrected chi connectivity index (χ3v) is 1.92. The lowest BCUT2D eigenvalue weighted by Gasteiger charge is -2.36. The van der Waals surface area contributed by atoms with Crippen molar-refractivity contribution in [1.82, 2.24) is 0 Å². The van der Waals surface area contributed by atoms with Crippen molar-refractivity contribution in [2.75, 3.05) is 6.73 Å². The second-order valence-electron chi connectivity index (χ2n) is 3.73. The van der Waals surface area contributed by atoms with Gasteiger partial charge in [0.05, 0.1) is 17.9 Å². The standard InChI is InChI=1S/C7H17NO2.BH3O3/c1-6(2,9)7(3,4)10-5-8;2-1(3)4/h9H,5,8H2,1-4H3;2-4H.